The van der Waals surface area contributed by atoms with E-state index >= 15 is 0 Å². The van der Waals surface area contributed by atoms with Gasteiger partial charge in [0.05, 0.1) is 18.1 Å². The van der Waals surface area contributed by atoms with Crippen LogP contribution in [0.4, 0.5) is 5.13 Å². The van der Waals surface area contributed by atoms with Crippen LogP contribution in [0.1, 0.15) is 32.1 Å². The van der Waals surface area contributed by atoms with Gasteiger partial charge < -0.3 is 10.5 Å². The van der Waals surface area contributed by atoms with Gasteiger partial charge in [0.15, 0.2) is 10.7 Å². The number of hydrogen-bond donors (Lipinski definition) is 2. The lowest BCUT2D eigenvalue weighted by Gasteiger charge is -2.55. The molecule has 4 aliphatic rings. The Kier molecular flexibility index (Phi) is 3.04. The smallest absolute Gasteiger partial charge is 0.293 e. The van der Waals surface area contributed by atoms with E-state index in [2.05, 4.69) is 21.4 Å². The van der Waals surface area contributed by atoms with E-state index in [-0.39, 0.29) is 11.5 Å². The van der Waals surface area contributed by atoms with Gasteiger partial charge in [0, 0.05) is 5.92 Å². The van der Waals surface area contributed by atoms with Gasteiger partial charge in [-0.2, -0.15) is 0 Å². The van der Waals surface area contributed by atoms with Gasteiger partial charge in [-0.05, 0) is 31.4 Å². The quantitative estimate of drug-likeness (QED) is 0.784. The molecule has 2 atom stereocenters. The number of aliphatic imine (C=N–C) groups is 1. The first kappa shape index (κ1) is 14.7. The lowest BCUT2D eigenvalue weighted by Crippen LogP contribution is -2.58. The second-order valence-corrected chi connectivity index (χ2v) is 8.39. The average molecular weight is 338 g/mol. The fourth-order valence-corrected chi connectivity index (χ4v) is 5.45. The van der Waals surface area contributed by atoms with E-state index in [0.29, 0.717) is 11.9 Å². The Bertz CT molecular complexity index is 796. The van der Waals surface area contributed by atoms with Gasteiger partial charge in [0.1, 0.15) is 6.17 Å². The Hall–Kier alpha value is -1.60. The molecule has 2 aromatic rings. The molecule has 3 fully saturated rings. The first-order valence-electron chi connectivity index (χ1n) is 8.50. The summed E-state index contributed by atoms with van der Waals surface area (Å²) in [5, 5.41) is 3.85. The molecule has 1 aliphatic heterocycles. The van der Waals surface area contributed by atoms with Crippen LogP contribution in [0, 0.1) is 5.92 Å². The van der Waals surface area contributed by atoms with Crippen LogP contribution < -0.4 is 11.1 Å². The van der Waals surface area contributed by atoms with Gasteiger partial charge in [-0.3, -0.25) is 5.32 Å². The molecule has 2 heterocycles. The Balaban J connectivity index is 1.40. The van der Waals surface area contributed by atoms with Crippen molar-refractivity contribution >= 4 is 40.6 Å². The normalized spacial score (nSPS) is 37.6. The molecule has 0 saturated heterocycles. The van der Waals surface area contributed by atoms with E-state index in [0.717, 1.165) is 47.5 Å². The van der Waals surface area contributed by atoms with Crippen LogP contribution in [0.5, 0.6) is 0 Å². The third kappa shape index (κ3) is 2.11. The van der Waals surface area contributed by atoms with Crippen LogP contribution >= 0.6 is 11.3 Å². The van der Waals surface area contributed by atoms with Crippen molar-refractivity contribution in [2.24, 2.45) is 16.6 Å². The van der Waals surface area contributed by atoms with Crippen molar-refractivity contribution in [3.05, 3.63) is 24.3 Å². The van der Waals surface area contributed by atoms with Crippen molar-refractivity contribution in [1.29, 1.82) is 0 Å². The lowest BCUT2D eigenvalue weighted by atomic mass is 9.46. The number of benzene rings is 1. The summed E-state index contributed by atoms with van der Waals surface area (Å²) < 4.78 is 7.44. The summed E-state index contributed by atoms with van der Waals surface area (Å²) in [6.45, 7) is 0. The van der Waals surface area contributed by atoms with E-state index < -0.39 is 5.60 Å². The molecule has 5 nitrogen and oxygen atoms in total. The molecule has 3 aliphatic carbocycles. The van der Waals surface area contributed by atoms with Crippen LogP contribution in [0.3, 0.4) is 0 Å². The molecule has 6 rings (SSSR count). The minimum atomic E-state index is -0.440. The van der Waals surface area contributed by atoms with Crippen LogP contribution in [-0.4, -0.2) is 30.6 Å². The summed E-state index contributed by atoms with van der Waals surface area (Å²) in [6, 6.07) is 8.54. The second-order valence-electron chi connectivity index (χ2n) is 7.36. The van der Waals surface area contributed by atoms with Crippen LogP contribution in [0.15, 0.2) is 29.3 Å². The monoisotopic (exact) mass is 338 g/mol. The molecule has 1 aromatic carbocycles. The number of ether oxygens (including phenoxy) is 1. The number of rotatable bonds is 1. The van der Waals surface area contributed by atoms with E-state index in [1.165, 1.54) is 0 Å². The standard InChI is InChI=1S/C17H19BN4OS/c18-16-7-5-10(6-8-16)17(9-16)13(19)21-14(23-17)22-15-20-11-3-1-2-4-12(11)24-15/h1-4,10,13H,5-9,19H2,(H,20,21,22). The molecule has 1 aromatic heterocycles. The van der Waals surface area contributed by atoms with Gasteiger partial charge in [-0.25, -0.2) is 9.98 Å². The molecule has 2 radical (unpaired) electrons. The first-order chi connectivity index (χ1) is 11.6. The van der Waals surface area contributed by atoms with E-state index in [9.17, 15) is 0 Å². The number of para-hydroxylation sites is 1. The second kappa shape index (κ2) is 4.96. The first-order valence-corrected chi connectivity index (χ1v) is 9.32. The fourth-order valence-electron chi connectivity index (χ4n) is 4.60. The summed E-state index contributed by atoms with van der Waals surface area (Å²) in [4.78, 5) is 9.13. The number of amidine groups is 1. The predicted molar refractivity (Wildman–Crippen MR) is 97.5 cm³/mol. The van der Waals surface area contributed by atoms with Crippen molar-refractivity contribution in [1.82, 2.24) is 4.98 Å². The van der Waals surface area contributed by atoms with Gasteiger partial charge >= 0.3 is 0 Å². The minimum Gasteiger partial charge on any atom is -0.454 e. The number of nitrogens with two attached hydrogens (primary N) is 1. The third-order valence-corrected chi connectivity index (χ3v) is 6.80. The summed E-state index contributed by atoms with van der Waals surface area (Å²) in [7, 11) is 6.54. The summed E-state index contributed by atoms with van der Waals surface area (Å²) in [5.74, 6) is 0.441. The number of fused-ring (bicyclic) bond motifs is 3. The molecule has 1 spiro atoms. The average Bonchev–Trinajstić information content (AvgIpc) is 3.08. The molecule has 24 heavy (non-hydrogen) atoms. The van der Waals surface area contributed by atoms with E-state index in [1.54, 1.807) is 11.3 Å². The van der Waals surface area contributed by atoms with Crippen molar-refractivity contribution in [2.45, 2.75) is 49.2 Å². The molecule has 2 unspecified atom stereocenters. The van der Waals surface area contributed by atoms with Gasteiger partial charge in [0.25, 0.3) is 6.02 Å². The maximum absolute atomic E-state index is 6.54. The summed E-state index contributed by atoms with van der Waals surface area (Å²) in [6.07, 6.45) is 4.72. The third-order valence-electron chi connectivity index (χ3n) is 5.85. The number of thiazole rings is 1. The molecular weight excluding hydrogens is 319 g/mol. The van der Waals surface area contributed by atoms with Crippen molar-refractivity contribution < 1.29 is 4.74 Å². The van der Waals surface area contributed by atoms with Crippen molar-refractivity contribution in [2.75, 3.05) is 5.32 Å². The minimum absolute atomic E-state index is 0.146. The maximum atomic E-state index is 6.54. The largest absolute Gasteiger partial charge is 0.454 e. The predicted octanol–water partition coefficient (Wildman–Crippen LogP) is 3.04. The van der Waals surface area contributed by atoms with Gasteiger partial charge in [0.2, 0.25) is 0 Å². The number of hydrogen-bond acceptors (Lipinski definition) is 6. The van der Waals surface area contributed by atoms with E-state index in [4.69, 9.17) is 18.3 Å². The maximum Gasteiger partial charge on any atom is 0.293 e. The molecule has 0 amide bonds. The highest BCUT2D eigenvalue weighted by atomic mass is 32.1. The highest BCUT2D eigenvalue weighted by molar-refractivity contribution is 7.22. The Labute approximate surface area is 146 Å². The molecule has 3 saturated carbocycles. The number of aromatic nitrogens is 1. The molecular formula is C17H19BN4OS. The van der Waals surface area contributed by atoms with Crippen LogP contribution in [0.2, 0.25) is 5.31 Å². The summed E-state index contributed by atoms with van der Waals surface area (Å²) >= 11 is 1.59. The lowest BCUT2D eigenvalue weighted by molar-refractivity contribution is -0.0796. The topological polar surface area (TPSA) is 72.5 Å². The molecule has 3 N–H and O–H groups in total. The number of nitrogens with zero attached hydrogens (tertiary/aromatic N) is 2. The van der Waals surface area contributed by atoms with Crippen LogP contribution in [0.25, 0.3) is 10.2 Å². The van der Waals surface area contributed by atoms with Gasteiger partial charge in [-0.1, -0.05) is 41.6 Å². The SMILES string of the molecule is [B]C12CCC(CC1)C1(C2)OC(Nc2nc3ccccc3s2)=NC1N. The highest BCUT2D eigenvalue weighted by Gasteiger charge is 2.59. The zero-order valence-corrected chi connectivity index (χ0v) is 14.2. The Morgan fingerprint density at radius 3 is 2.83 bits per heavy atom. The number of nitrogens with one attached hydrogen (secondary N) is 1. The molecule has 2 bridgehead atoms. The van der Waals surface area contributed by atoms with Crippen molar-refractivity contribution in [3.63, 3.8) is 0 Å². The summed E-state index contributed by atoms with van der Waals surface area (Å²) in [5.41, 5.74) is 6.92. The number of anilines is 1. The zero-order chi connectivity index (χ0) is 16.4. The van der Waals surface area contributed by atoms with Gasteiger partial charge in [-0.15, -0.1) is 0 Å². The molecule has 7 heteroatoms. The zero-order valence-electron chi connectivity index (χ0n) is 13.4. The van der Waals surface area contributed by atoms with Crippen molar-refractivity contribution in [3.8, 4) is 0 Å². The Morgan fingerprint density at radius 1 is 1.29 bits per heavy atom. The Morgan fingerprint density at radius 2 is 2.08 bits per heavy atom. The highest BCUT2D eigenvalue weighted by Crippen LogP contribution is 2.60. The fraction of sp³-hybridized carbons (Fsp3) is 0.529. The molecule has 122 valence electrons. The van der Waals surface area contributed by atoms with E-state index in [1.807, 2.05) is 18.2 Å². The van der Waals surface area contributed by atoms with Crippen LogP contribution in [-0.2, 0) is 4.74 Å².